The molecule has 2 rings (SSSR count). The summed E-state index contributed by atoms with van der Waals surface area (Å²) in [6.45, 7) is 1.93. The first-order chi connectivity index (χ1) is 7.95. The molecule has 1 N–H and O–H groups in total. The molecule has 0 aliphatic carbocycles. The van der Waals surface area contributed by atoms with Crippen molar-refractivity contribution in [1.29, 1.82) is 5.26 Å². The average molecular weight is 233 g/mol. The van der Waals surface area contributed by atoms with Crippen molar-refractivity contribution >= 4 is 0 Å². The van der Waals surface area contributed by atoms with E-state index in [4.69, 9.17) is 10.00 Å². The SMILES string of the molecule is C[N+]1(C)CCO[C@@](O)(c2ccc(C#N)cc2)C1. The van der Waals surface area contributed by atoms with Gasteiger partial charge in [0, 0.05) is 5.56 Å². The third-order valence-corrected chi connectivity index (χ3v) is 3.14. The largest absolute Gasteiger partial charge is 0.357 e. The van der Waals surface area contributed by atoms with Gasteiger partial charge in [-0.2, -0.15) is 5.26 Å². The Labute approximate surface area is 101 Å². The Morgan fingerprint density at radius 2 is 2.00 bits per heavy atom. The minimum atomic E-state index is -1.24. The van der Waals surface area contributed by atoms with Crippen LogP contribution in [0.5, 0.6) is 0 Å². The molecule has 0 spiro atoms. The molecule has 1 saturated heterocycles. The summed E-state index contributed by atoms with van der Waals surface area (Å²) < 4.78 is 6.24. The van der Waals surface area contributed by atoms with Crippen molar-refractivity contribution in [1.82, 2.24) is 0 Å². The van der Waals surface area contributed by atoms with E-state index in [-0.39, 0.29) is 0 Å². The van der Waals surface area contributed by atoms with E-state index in [0.29, 0.717) is 24.3 Å². The third-order valence-electron chi connectivity index (χ3n) is 3.14. The summed E-state index contributed by atoms with van der Waals surface area (Å²) in [6, 6.07) is 8.97. The second-order valence-corrected chi connectivity index (χ2v) is 5.14. The molecular formula is C13H17N2O2+. The number of rotatable bonds is 1. The highest BCUT2D eigenvalue weighted by Gasteiger charge is 2.42. The molecule has 1 fully saturated rings. The molecule has 1 aliphatic heterocycles. The molecular weight excluding hydrogens is 216 g/mol. The summed E-state index contributed by atoms with van der Waals surface area (Å²) in [5, 5.41) is 19.3. The van der Waals surface area contributed by atoms with Crippen molar-refractivity contribution in [3.8, 4) is 6.07 Å². The Morgan fingerprint density at radius 3 is 2.53 bits per heavy atom. The molecule has 4 heteroatoms. The van der Waals surface area contributed by atoms with Crippen molar-refractivity contribution in [2.45, 2.75) is 5.79 Å². The molecule has 17 heavy (non-hydrogen) atoms. The molecule has 0 amide bonds. The Bertz CT molecular complexity index is 447. The van der Waals surface area contributed by atoms with Crippen molar-refractivity contribution in [3.63, 3.8) is 0 Å². The molecule has 0 saturated carbocycles. The highest BCUT2D eigenvalue weighted by Crippen LogP contribution is 2.29. The summed E-state index contributed by atoms with van der Waals surface area (Å²) in [5.41, 5.74) is 1.30. The van der Waals surface area contributed by atoms with Crippen LogP contribution in [-0.2, 0) is 10.5 Å². The maximum absolute atomic E-state index is 10.5. The Kier molecular flexibility index (Phi) is 2.92. The number of likely N-dealkylation sites (N-methyl/N-ethyl adjacent to an activating group) is 1. The first-order valence-corrected chi connectivity index (χ1v) is 5.64. The number of quaternary nitrogens is 1. The van der Waals surface area contributed by atoms with Gasteiger partial charge in [-0.3, -0.25) is 0 Å². The van der Waals surface area contributed by atoms with Crippen LogP contribution in [0.15, 0.2) is 24.3 Å². The highest BCUT2D eigenvalue weighted by atomic mass is 16.6. The average Bonchev–Trinajstić information content (AvgIpc) is 2.27. The van der Waals surface area contributed by atoms with Gasteiger partial charge in [0.1, 0.15) is 13.1 Å². The summed E-state index contributed by atoms with van der Waals surface area (Å²) in [4.78, 5) is 0. The summed E-state index contributed by atoms with van der Waals surface area (Å²) >= 11 is 0. The van der Waals surface area contributed by atoms with E-state index in [0.717, 1.165) is 11.0 Å². The topological polar surface area (TPSA) is 53.2 Å². The van der Waals surface area contributed by atoms with Crippen molar-refractivity contribution in [2.24, 2.45) is 0 Å². The molecule has 90 valence electrons. The molecule has 1 atom stereocenters. The van der Waals surface area contributed by atoms with Gasteiger partial charge in [0.05, 0.1) is 32.3 Å². The van der Waals surface area contributed by atoms with Gasteiger partial charge in [-0.25, -0.2) is 0 Å². The van der Waals surface area contributed by atoms with Gasteiger partial charge >= 0.3 is 0 Å². The Morgan fingerprint density at radius 1 is 1.35 bits per heavy atom. The van der Waals surface area contributed by atoms with Gasteiger partial charge in [-0.05, 0) is 12.1 Å². The quantitative estimate of drug-likeness (QED) is 0.730. The van der Waals surface area contributed by atoms with Crippen LogP contribution in [0, 0.1) is 11.3 Å². The van der Waals surface area contributed by atoms with Crippen LogP contribution in [0.2, 0.25) is 0 Å². The lowest BCUT2D eigenvalue weighted by atomic mass is 10.0. The first-order valence-electron chi connectivity index (χ1n) is 5.64. The van der Waals surface area contributed by atoms with Crippen molar-refractivity contribution in [2.75, 3.05) is 33.8 Å². The second kappa shape index (κ2) is 4.11. The van der Waals surface area contributed by atoms with Crippen LogP contribution in [0.25, 0.3) is 0 Å². The lowest BCUT2D eigenvalue weighted by Gasteiger charge is -2.42. The fourth-order valence-electron chi connectivity index (χ4n) is 2.15. The van der Waals surface area contributed by atoms with Gasteiger partial charge in [-0.1, -0.05) is 12.1 Å². The zero-order valence-corrected chi connectivity index (χ0v) is 10.2. The molecule has 1 aliphatic rings. The lowest BCUT2D eigenvalue weighted by Crippen LogP contribution is -2.57. The number of aliphatic hydroxyl groups is 1. The van der Waals surface area contributed by atoms with E-state index >= 15 is 0 Å². The fraction of sp³-hybridized carbons (Fsp3) is 0.462. The van der Waals surface area contributed by atoms with E-state index in [9.17, 15) is 5.11 Å². The van der Waals surface area contributed by atoms with Gasteiger partial charge in [0.2, 0.25) is 5.79 Å². The van der Waals surface area contributed by atoms with Crippen LogP contribution in [0.1, 0.15) is 11.1 Å². The van der Waals surface area contributed by atoms with Crippen LogP contribution in [-0.4, -0.2) is 43.4 Å². The predicted octanol–water partition coefficient (Wildman–Crippen LogP) is 0.810. The Balaban J connectivity index is 2.28. The number of hydrogen-bond donors (Lipinski definition) is 1. The second-order valence-electron chi connectivity index (χ2n) is 5.14. The summed E-state index contributed by atoms with van der Waals surface area (Å²) in [5.74, 6) is -1.24. The van der Waals surface area contributed by atoms with E-state index in [1.807, 2.05) is 0 Å². The number of nitrogens with zero attached hydrogens (tertiary/aromatic N) is 2. The lowest BCUT2D eigenvalue weighted by molar-refractivity contribution is -0.912. The molecule has 0 unspecified atom stereocenters. The number of morpholine rings is 1. The van der Waals surface area contributed by atoms with Gasteiger partial charge in [-0.15, -0.1) is 0 Å². The molecule has 0 bridgehead atoms. The van der Waals surface area contributed by atoms with Gasteiger partial charge < -0.3 is 14.3 Å². The predicted molar refractivity (Wildman–Crippen MR) is 62.8 cm³/mol. The monoisotopic (exact) mass is 233 g/mol. The first kappa shape index (κ1) is 12.1. The van der Waals surface area contributed by atoms with Crippen LogP contribution < -0.4 is 0 Å². The molecule has 0 radical (unpaired) electrons. The van der Waals surface area contributed by atoms with E-state index in [2.05, 4.69) is 20.2 Å². The van der Waals surface area contributed by atoms with Crippen molar-refractivity contribution in [3.05, 3.63) is 35.4 Å². The zero-order valence-electron chi connectivity index (χ0n) is 10.2. The van der Waals surface area contributed by atoms with Gasteiger partial charge in [0.15, 0.2) is 0 Å². The van der Waals surface area contributed by atoms with E-state index in [1.54, 1.807) is 24.3 Å². The number of benzene rings is 1. The number of nitriles is 1. The minimum absolute atomic E-state index is 0.513. The van der Waals surface area contributed by atoms with Crippen LogP contribution in [0.3, 0.4) is 0 Å². The molecule has 0 aromatic heterocycles. The van der Waals surface area contributed by atoms with E-state index < -0.39 is 5.79 Å². The molecule has 4 nitrogen and oxygen atoms in total. The number of ether oxygens (including phenoxy) is 1. The fourth-order valence-corrected chi connectivity index (χ4v) is 2.15. The molecule has 1 aromatic rings. The van der Waals surface area contributed by atoms with Crippen molar-refractivity contribution < 1.29 is 14.3 Å². The third kappa shape index (κ3) is 2.47. The smallest absolute Gasteiger partial charge is 0.243 e. The Hall–Kier alpha value is -1.41. The number of hydrogen-bond acceptors (Lipinski definition) is 3. The summed E-state index contributed by atoms with van der Waals surface area (Å²) in [7, 11) is 4.13. The highest BCUT2D eigenvalue weighted by molar-refractivity contribution is 5.33. The maximum atomic E-state index is 10.5. The van der Waals surface area contributed by atoms with Gasteiger partial charge in [0.25, 0.3) is 0 Å². The standard InChI is InChI=1S/C13H17N2O2/c1-15(2)7-8-17-13(16,10-15)12-5-3-11(9-14)4-6-12/h3-6,16H,7-8,10H2,1-2H3/q+1/t13-/m1/s1. The molecule has 1 aromatic carbocycles. The zero-order chi connectivity index (χ0) is 12.5. The van der Waals surface area contributed by atoms with E-state index in [1.165, 1.54) is 0 Å². The molecule has 1 heterocycles. The summed E-state index contributed by atoms with van der Waals surface area (Å²) in [6.07, 6.45) is 0. The minimum Gasteiger partial charge on any atom is -0.357 e. The normalized spacial score (nSPS) is 27.4. The van der Waals surface area contributed by atoms with Crippen LogP contribution >= 0.6 is 0 Å². The van der Waals surface area contributed by atoms with Crippen LogP contribution in [0.4, 0.5) is 0 Å². The maximum Gasteiger partial charge on any atom is 0.243 e.